The lowest BCUT2D eigenvalue weighted by Gasteiger charge is -2.16. The Morgan fingerprint density at radius 1 is 1.10 bits per heavy atom. The van der Waals surface area contributed by atoms with Crippen molar-refractivity contribution in [3.05, 3.63) is 64.7 Å². The molecule has 1 N–H and O–H groups in total. The van der Waals surface area contributed by atoms with E-state index in [1.54, 1.807) is 7.11 Å². The average molecular weight is 290 g/mol. The third-order valence-corrected chi connectivity index (χ3v) is 3.54. The number of hydrogen-bond donors (Lipinski definition) is 1. The first-order valence-corrected chi connectivity index (χ1v) is 7.16. The normalized spacial score (nSPS) is 12.2. The molecule has 0 bridgehead atoms. The van der Waals surface area contributed by atoms with Crippen molar-refractivity contribution in [2.24, 2.45) is 0 Å². The molecule has 2 aromatic carbocycles. The van der Waals surface area contributed by atoms with Gasteiger partial charge in [-0.15, -0.1) is 0 Å². The zero-order valence-corrected chi connectivity index (χ0v) is 12.7. The third kappa shape index (κ3) is 4.26. The third-order valence-electron chi connectivity index (χ3n) is 3.29. The Bertz CT molecular complexity index is 539. The molecule has 0 aliphatic heterocycles. The van der Waals surface area contributed by atoms with E-state index in [1.807, 2.05) is 42.5 Å². The first-order chi connectivity index (χ1) is 9.69. The fourth-order valence-corrected chi connectivity index (χ4v) is 2.29. The number of para-hydroxylation sites is 1. The maximum absolute atomic E-state index is 5.88. The van der Waals surface area contributed by atoms with Crippen LogP contribution in [0.3, 0.4) is 0 Å². The molecule has 2 rings (SSSR count). The highest BCUT2D eigenvalue weighted by atomic mass is 35.5. The summed E-state index contributed by atoms with van der Waals surface area (Å²) in [4.78, 5) is 0. The van der Waals surface area contributed by atoms with Gasteiger partial charge >= 0.3 is 0 Å². The van der Waals surface area contributed by atoms with E-state index >= 15 is 0 Å². The van der Waals surface area contributed by atoms with Gasteiger partial charge in [-0.1, -0.05) is 41.9 Å². The molecule has 0 amide bonds. The molecule has 2 nitrogen and oxygen atoms in total. The number of nitrogens with one attached hydrogen (secondary N) is 1. The predicted octanol–water partition coefficient (Wildman–Crippen LogP) is 4.07. The standard InChI is InChI=1S/C17H20ClNO/c1-13(11-15-5-3-4-6-17(15)20-2)19-12-14-7-9-16(18)10-8-14/h3-10,13,19H,11-12H2,1-2H3. The monoisotopic (exact) mass is 289 g/mol. The van der Waals surface area contributed by atoms with E-state index in [0.29, 0.717) is 6.04 Å². The molecule has 20 heavy (non-hydrogen) atoms. The summed E-state index contributed by atoms with van der Waals surface area (Å²) in [6.45, 7) is 3.02. The van der Waals surface area contributed by atoms with Crippen molar-refractivity contribution in [3.8, 4) is 5.75 Å². The average Bonchev–Trinajstić information content (AvgIpc) is 2.47. The summed E-state index contributed by atoms with van der Waals surface area (Å²) >= 11 is 5.88. The lowest BCUT2D eigenvalue weighted by atomic mass is 10.1. The van der Waals surface area contributed by atoms with Crippen LogP contribution in [-0.2, 0) is 13.0 Å². The quantitative estimate of drug-likeness (QED) is 0.865. The molecule has 0 spiro atoms. The summed E-state index contributed by atoms with van der Waals surface area (Å²) in [5, 5.41) is 4.29. The lowest BCUT2D eigenvalue weighted by molar-refractivity contribution is 0.406. The van der Waals surface area contributed by atoms with E-state index in [-0.39, 0.29) is 0 Å². The van der Waals surface area contributed by atoms with Crippen molar-refractivity contribution in [1.29, 1.82) is 0 Å². The summed E-state index contributed by atoms with van der Waals surface area (Å²) in [5.41, 5.74) is 2.47. The number of methoxy groups -OCH3 is 1. The summed E-state index contributed by atoms with van der Waals surface area (Å²) in [6, 6.07) is 16.5. The van der Waals surface area contributed by atoms with E-state index in [2.05, 4.69) is 18.3 Å². The highest BCUT2D eigenvalue weighted by molar-refractivity contribution is 6.30. The molecule has 0 aliphatic rings. The van der Waals surface area contributed by atoms with Gasteiger partial charge in [-0.05, 0) is 42.7 Å². The second-order valence-electron chi connectivity index (χ2n) is 4.92. The minimum Gasteiger partial charge on any atom is -0.496 e. The van der Waals surface area contributed by atoms with Crippen molar-refractivity contribution in [3.63, 3.8) is 0 Å². The van der Waals surface area contributed by atoms with Crippen LogP contribution in [0.2, 0.25) is 5.02 Å². The minimum absolute atomic E-state index is 0.377. The smallest absolute Gasteiger partial charge is 0.122 e. The van der Waals surface area contributed by atoms with Gasteiger partial charge in [0, 0.05) is 17.6 Å². The molecule has 0 aliphatic carbocycles. The van der Waals surface area contributed by atoms with E-state index in [1.165, 1.54) is 11.1 Å². The summed E-state index contributed by atoms with van der Waals surface area (Å²) in [6.07, 6.45) is 0.942. The van der Waals surface area contributed by atoms with Crippen molar-refractivity contribution in [2.75, 3.05) is 7.11 Å². The van der Waals surface area contributed by atoms with Gasteiger partial charge in [-0.3, -0.25) is 0 Å². The molecular weight excluding hydrogens is 270 g/mol. The Morgan fingerprint density at radius 2 is 1.80 bits per heavy atom. The molecule has 106 valence electrons. The second-order valence-corrected chi connectivity index (χ2v) is 5.36. The van der Waals surface area contributed by atoms with Crippen LogP contribution in [0.1, 0.15) is 18.1 Å². The van der Waals surface area contributed by atoms with Crippen molar-refractivity contribution in [1.82, 2.24) is 5.32 Å². The van der Waals surface area contributed by atoms with Crippen molar-refractivity contribution in [2.45, 2.75) is 25.9 Å². The van der Waals surface area contributed by atoms with Gasteiger partial charge in [-0.25, -0.2) is 0 Å². The Morgan fingerprint density at radius 3 is 2.50 bits per heavy atom. The minimum atomic E-state index is 0.377. The van der Waals surface area contributed by atoms with Gasteiger partial charge in [0.25, 0.3) is 0 Å². The van der Waals surface area contributed by atoms with Crippen LogP contribution in [0.15, 0.2) is 48.5 Å². The first-order valence-electron chi connectivity index (χ1n) is 6.79. The molecule has 1 unspecified atom stereocenters. The highest BCUT2D eigenvalue weighted by Gasteiger charge is 2.07. The van der Waals surface area contributed by atoms with Gasteiger partial charge in [0.15, 0.2) is 0 Å². The maximum Gasteiger partial charge on any atom is 0.122 e. The van der Waals surface area contributed by atoms with E-state index < -0.39 is 0 Å². The van der Waals surface area contributed by atoms with Crippen LogP contribution in [0.25, 0.3) is 0 Å². The highest BCUT2D eigenvalue weighted by Crippen LogP contribution is 2.19. The predicted molar refractivity (Wildman–Crippen MR) is 84.5 cm³/mol. The molecule has 0 fully saturated rings. The number of benzene rings is 2. The van der Waals surface area contributed by atoms with Gasteiger partial charge in [0.2, 0.25) is 0 Å². The maximum atomic E-state index is 5.88. The summed E-state index contributed by atoms with van der Waals surface area (Å²) in [5.74, 6) is 0.952. The SMILES string of the molecule is COc1ccccc1CC(C)NCc1ccc(Cl)cc1. The van der Waals surface area contributed by atoms with Gasteiger partial charge in [0.05, 0.1) is 7.11 Å². The topological polar surface area (TPSA) is 21.3 Å². The molecule has 2 aromatic rings. The molecule has 3 heteroatoms. The van der Waals surface area contributed by atoms with E-state index in [9.17, 15) is 0 Å². The van der Waals surface area contributed by atoms with Gasteiger partial charge < -0.3 is 10.1 Å². The molecule has 1 atom stereocenters. The Labute approximate surface area is 125 Å². The Hall–Kier alpha value is -1.51. The van der Waals surface area contributed by atoms with Gasteiger partial charge in [-0.2, -0.15) is 0 Å². The molecule has 0 saturated heterocycles. The van der Waals surface area contributed by atoms with Crippen molar-refractivity contribution < 1.29 is 4.74 Å². The number of halogens is 1. The van der Waals surface area contributed by atoms with Gasteiger partial charge in [0.1, 0.15) is 5.75 Å². The number of hydrogen-bond acceptors (Lipinski definition) is 2. The van der Waals surface area contributed by atoms with E-state index in [4.69, 9.17) is 16.3 Å². The van der Waals surface area contributed by atoms with Crippen LogP contribution < -0.4 is 10.1 Å². The Kier molecular flexibility index (Phi) is 5.45. The molecule has 0 heterocycles. The molecule has 0 saturated carbocycles. The molecule has 0 aromatic heterocycles. The molecule has 0 radical (unpaired) electrons. The first kappa shape index (κ1) is 14.9. The number of ether oxygens (including phenoxy) is 1. The number of rotatable bonds is 6. The zero-order valence-electron chi connectivity index (χ0n) is 11.9. The van der Waals surface area contributed by atoms with Crippen molar-refractivity contribution >= 4 is 11.6 Å². The van der Waals surface area contributed by atoms with E-state index in [0.717, 1.165) is 23.7 Å². The van der Waals surface area contributed by atoms with Crippen LogP contribution in [0.4, 0.5) is 0 Å². The van der Waals surface area contributed by atoms with Crippen LogP contribution >= 0.6 is 11.6 Å². The fraction of sp³-hybridized carbons (Fsp3) is 0.294. The molecular formula is C17H20ClNO. The largest absolute Gasteiger partial charge is 0.496 e. The van der Waals surface area contributed by atoms with Crippen LogP contribution in [-0.4, -0.2) is 13.2 Å². The van der Waals surface area contributed by atoms with Crippen LogP contribution in [0.5, 0.6) is 5.75 Å². The zero-order chi connectivity index (χ0) is 14.4. The van der Waals surface area contributed by atoms with Crippen LogP contribution in [0, 0.1) is 0 Å². The lowest BCUT2D eigenvalue weighted by Crippen LogP contribution is -2.27. The summed E-state index contributed by atoms with van der Waals surface area (Å²) < 4.78 is 5.38. The fourth-order valence-electron chi connectivity index (χ4n) is 2.17. The summed E-state index contributed by atoms with van der Waals surface area (Å²) in [7, 11) is 1.71. The second kappa shape index (κ2) is 7.32. The Balaban J connectivity index is 1.89.